The largest absolute Gasteiger partial charge is 0.506 e. The van der Waals surface area contributed by atoms with E-state index in [9.17, 15) is 15.0 Å². The highest BCUT2D eigenvalue weighted by atomic mass is 35.5. The van der Waals surface area contributed by atoms with Crippen molar-refractivity contribution in [1.82, 2.24) is 0 Å². The van der Waals surface area contributed by atoms with Gasteiger partial charge in [-0.1, -0.05) is 11.6 Å². The summed E-state index contributed by atoms with van der Waals surface area (Å²) in [4.78, 5) is 11.2. The van der Waals surface area contributed by atoms with Crippen LogP contribution < -0.4 is 9.47 Å². The second-order valence-corrected chi connectivity index (χ2v) is 3.67. The zero-order valence-corrected chi connectivity index (χ0v) is 10.8. The summed E-state index contributed by atoms with van der Waals surface area (Å²) < 4.78 is 14.3. The first-order valence-electron chi connectivity index (χ1n) is 4.87. The average Bonchev–Trinajstić information content (AvgIpc) is 2.39. The Kier molecular flexibility index (Phi) is 4.63. The van der Waals surface area contributed by atoms with Gasteiger partial charge < -0.3 is 24.4 Å². The van der Waals surface area contributed by atoms with Gasteiger partial charge in [0.15, 0.2) is 17.6 Å². The van der Waals surface area contributed by atoms with E-state index in [1.54, 1.807) is 0 Å². The molecule has 0 aliphatic rings. The van der Waals surface area contributed by atoms with E-state index in [2.05, 4.69) is 4.74 Å². The summed E-state index contributed by atoms with van der Waals surface area (Å²) >= 11 is 5.86. The first-order valence-corrected chi connectivity index (χ1v) is 5.24. The molecule has 0 radical (unpaired) electrons. The van der Waals surface area contributed by atoms with Gasteiger partial charge in [-0.25, -0.2) is 4.79 Å². The number of aliphatic hydroxyl groups excluding tert-OH is 1. The smallest absolute Gasteiger partial charge is 0.339 e. The molecule has 1 aromatic rings. The van der Waals surface area contributed by atoms with Crippen LogP contribution in [0.4, 0.5) is 0 Å². The van der Waals surface area contributed by atoms with E-state index < -0.39 is 17.8 Å². The van der Waals surface area contributed by atoms with Crippen LogP contribution in [0.3, 0.4) is 0 Å². The number of halogens is 1. The summed E-state index contributed by atoms with van der Waals surface area (Å²) in [6, 6.07) is 1.25. The normalized spacial score (nSPS) is 11.8. The second kappa shape index (κ2) is 5.79. The van der Waals surface area contributed by atoms with Gasteiger partial charge in [0.05, 0.1) is 21.3 Å². The van der Waals surface area contributed by atoms with Crippen molar-refractivity contribution in [3.8, 4) is 17.2 Å². The van der Waals surface area contributed by atoms with Crippen LogP contribution in [-0.2, 0) is 9.53 Å². The first kappa shape index (κ1) is 14.4. The van der Waals surface area contributed by atoms with Gasteiger partial charge >= 0.3 is 5.97 Å². The summed E-state index contributed by atoms with van der Waals surface area (Å²) in [5.74, 6) is -1.10. The standard InChI is InChI=1S/C11H13ClO6/c1-16-6-4-5(9(14)11(15)18-3)8(13)7(12)10(6)17-2/h4,9,13-14H,1-3H3. The number of benzene rings is 1. The molecule has 0 amide bonds. The summed E-state index contributed by atoms with van der Waals surface area (Å²) in [5, 5.41) is 19.3. The van der Waals surface area contributed by atoms with E-state index >= 15 is 0 Å². The lowest BCUT2D eigenvalue weighted by molar-refractivity contribution is -0.150. The maximum Gasteiger partial charge on any atom is 0.339 e. The van der Waals surface area contributed by atoms with Gasteiger partial charge in [0, 0.05) is 5.56 Å². The van der Waals surface area contributed by atoms with Crippen LogP contribution in [0.1, 0.15) is 11.7 Å². The predicted octanol–water partition coefficient (Wildman–Crippen LogP) is 1.27. The number of esters is 1. The van der Waals surface area contributed by atoms with Gasteiger partial charge in [-0.2, -0.15) is 0 Å². The van der Waals surface area contributed by atoms with E-state index in [1.807, 2.05) is 0 Å². The average molecular weight is 277 g/mol. The van der Waals surface area contributed by atoms with Gasteiger partial charge in [-0.15, -0.1) is 0 Å². The number of phenols is 1. The molecule has 0 heterocycles. The van der Waals surface area contributed by atoms with Crippen LogP contribution >= 0.6 is 11.6 Å². The molecule has 0 fully saturated rings. The number of carbonyl (C=O) groups is 1. The van der Waals surface area contributed by atoms with E-state index in [4.69, 9.17) is 21.1 Å². The topological polar surface area (TPSA) is 85.2 Å². The maximum atomic E-state index is 11.2. The summed E-state index contributed by atoms with van der Waals surface area (Å²) in [5.41, 5.74) is -0.121. The van der Waals surface area contributed by atoms with E-state index in [1.165, 1.54) is 20.3 Å². The highest BCUT2D eigenvalue weighted by Crippen LogP contribution is 2.45. The SMILES string of the molecule is COC(=O)C(O)c1cc(OC)c(OC)c(Cl)c1O. The molecule has 0 bridgehead atoms. The van der Waals surface area contributed by atoms with Gasteiger partial charge in [-0.3, -0.25) is 0 Å². The summed E-state index contributed by atoms with van der Waals surface area (Å²) in [6.07, 6.45) is -1.66. The fraction of sp³-hybridized carbons (Fsp3) is 0.364. The molecule has 18 heavy (non-hydrogen) atoms. The van der Waals surface area contributed by atoms with E-state index in [0.29, 0.717) is 0 Å². The monoisotopic (exact) mass is 276 g/mol. The lowest BCUT2D eigenvalue weighted by Crippen LogP contribution is -2.14. The zero-order chi connectivity index (χ0) is 13.9. The molecule has 0 aliphatic carbocycles. The number of ether oxygens (including phenoxy) is 3. The second-order valence-electron chi connectivity index (χ2n) is 3.29. The highest BCUT2D eigenvalue weighted by molar-refractivity contribution is 6.34. The molecule has 1 unspecified atom stereocenters. The number of hydrogen-bond acceptors (Lipinski definition) is 6. The third kappa shape index (κ3) is 2.44. The summed E-state index contributed by atoms with van der Waals surface area (Å²) in [7, 11) is 3.82. The molecule has 0 aliphatic heterocycles. The molecule has 1 aromatic carbocycles. The Labute approximate surface area is 109 Å². The van der Waals surface area contributed by atoms with Crippen molar-refractivity contribution in [2.45, 2.75) is 6.10 Å². The Balaban J connectivity index is 3.38. The van der Waals surface area contributed by atoms with Crippen LogP contribution in [-0.4, -0.2) is 37.5 Å². The van der Waals surface area contributed by atoms with Crippen molar-refractivity contribution in [1.29, 1.82) is 0 Å². The minimum Gasteiger partial charge on any atom is -0.506 e. The lowest BCUT2D eigenvalue weighted by atomic mass is 10.1. The van der Waals surface area contributed by atoms with Crippen LogP contribution in [0.25, 0.3) is 0 Å². The van der Waals surface area contributed by atoms with E-state index in [-0.39, 0.29) is 22.1 Å². The molecule has 2 N–H and O–H groups in total. The molecule has 7 heteroatoms. The number of aromatic hydroxyl groups is 1. The number of aliphatic hydroxyl groups is 1. The molecule has 6 nitrogen and oxygen atoms in total. The van der Waals surface area contributed by atoms with Crippen molar-refractivity contribution >= 4 is 17.6 Å². The number of rotatable bonds is 4. The third-order valence-electron chi connectivity index (χ3n) is 2.33. The number of methoxy groups -OCH3 is 3. The van der Waals surface area contributed by atoms with Crippen LogP contribution in [0.2, 0.25) is 5.02 Å². The van der Waals surface area contributed by atoms with Crippen LogP contribution in [0.5, 0.6) is 17.2 Å². The van der Waals surface area contributed by atoms with Gasteiger partial charge in [0.1, 0.15) is 10.8 Å². The molecule has 0 saturated heterocycles. The minimum atomic E-state index is -1.66. The molecule has 1 rings (SSSR count). The molecule has 0 aromatic heterocycles. The Morgan fingerprint density at radius 2 is 1.94 bits per heavy atom. The van der Waals surface area contributed by atoms with Crippen LogP contribution in [0.15, 0.2) is 6.07 Å². The van der Waals surface area contributed by atoms with Crippen molar-refractivity contribution < 1.29 is 29.2 Å². The minimum absolute atomic E-state index is 0.109. The molecule has 100 valence electrons. The molecule has 0 saturated carbocycles. The molecule has 0 spiro atoms. The van der Waals surface area contributed by atoms with Crippen molar-refractivity contribution in [2.24, 2.45) is 0 Å². The van der Waals surface area contributed by atoms with Gasteiger partial charge in [-0.05, 0) is 6.07 Å². The van der Waals surface area contributed by atoms with Gasteiger partial charge in [0.2, 0.25) is 0 Å². The Morgan fingerprint density at radius 3 is 2.39 bits per heavy atom. The first-order chi connectivity index (χ1) is 8.47. The lowest BCUT2D eigenvalue weighted by Gasteiger charge is -2.16. The Morgan fingerprint density at radius 1 is 1.33 bits per heavy atom. The van der Waals surface area contributed by atoms with Crippen LogP contribution in [0, 0.1) is 0 Å². The maximum absolute atomic E-state index is 11.2. The number of phenolic OH excluding ortho intramolecular Hbond substituents is 1. The number of hydrogen-bond donors (Lipinski definition) is 2. The Hall–Kier alpha value is -1.66. The predicted molar refractivity (Wildman–Crippen MR) is 63.2 cm³/mol. The fourth-order valence-electron chi connectivity index (χ4n) is 1.41. The van der Waals surface area contributed by atoms with Gasteiger partial charge in [0.25, 0.3) is 0 Å². The third-order valence-corrected chi connectivity index (χ3v) is 2.68. The van der Waals surface area contributed by atoms with E-state index in [0.717, 1.165) is 7.11 Å². The molecular formula is C11H13ClO6. The van der Waals surface area contributed by atoms with Crippen molar-refractivity contribution in [2.75, 3.05) is 21.3 Å². The quantitative estimate of drug-likeness (QED) is 0.806. The molecule has 1 atom stereocenters. The number of carbonyl (C=O) groups excluding carboxylic acids is 1. The highest BCUT2D eigenvalue weighted by Gasteiger charge is 2.27. The van der Waals surface area contributed by atoms with Crippen molar-refractivity contribution in [3.05, 3.63) is 16.7 Å². The Bertz CT molecular complexity index is 459. The molecular weight excluding hydrogens is 264 g/mol. The van der Waals surface area contributed by atoms with Crippen molar-refractivity contribution in [3.63, 3.8) is 0 Å². The fourth-order valence-corrected chi connectivity index (χ4v) is 1.69. The zero-order valence-electron chi connectivity index (χ0n) is 10.1. The summed E-state index contributed by atoms with van der Waals surface area (Å²) in [6.45, 7) is 0.